The van der Waals surface area contributed by atoms with Crippen LogP contribution in [-0.2, 0) is 14.8 Å². The minimum atomic E-state index is -3.43. The molecule has 28 heavy (non-hydrogen) atoms. The summed E-state index contributed by atoms with van der Waals surface area (Å²) in [7, 11) is -3.43. The van der Waals surface area contributed by atoms with Gasteiger partial charge in [0.05, 0.1) is 17.6 Å². The van der Waals surface area contributed by atoms with E-state index in [-0.39, 0.29) is 6.10 Å². The van der Waals surface area contributed by atoms with Gasteiger partial charge in [-0.2, -0.15) is 4.31 Å². The normalized spacial score (nSPS) is 23.4. The molecule has 1 aromatic rings. The Morgan fingerprint density at radius 2 is 1.79 bits per heavy atom. The van der Waals surface area contributed by atoms with Crippen molar-refractivity contribution < 1.29 is 13.2 Å². The van der Waals surface area contributed by atoms with Crippen molar-refractivity contribution in [2.75, 3.05) is 59.0 Å². The number of sulfonamides is 1. The van der Waals surface area contributed by atoms with Gasteiger partial charge >= 0.3 is 0 Å². The summed E-state index contributed by atoms with van der Waals surface area (Å²) < 4.78 is 33.8. The zero-order chi connectivity index (χ0) is 20.3. The Hall–Kier alpha value is -0.990. The number of aryl methyl sites for hydroxylation is 2. The first-order chi connectivity index (χ1) is 13.3. The predicted molar refractivity (Wildman–Crippen MR) is 112 cm³/mol. The minimum absolute atomic E-state index is 0.217. The Kier molecular flexibility index (Phi) is 7.15. The highest BCUT2D eigenvalue weighted by atomic mass is 32.2. The summed E-state index contributed by atoms with van der Waals surface area (Å²) in [6.45, 7) is 15.7. The van der Waals surface area contributed by atoms with Crippen LogP contribution < -0.4 is 0 Å². The minimum Gasteiger partial charge on any atom is -0.374 e. The third-order valence-corrected chi connectivity index (χ3v) is 7.64. The van der Waals surface area contributed by atoms with Gasteiger partial charge in [0.15, 0.2) is 0 Å². The van der Waals surface area contributed by atoms with Crippen molar-refractivity contribution in [1.82, 2.24) is 14.1 Å². The highest BCUT2D eigenvalue weighted by molar-refractivity contribution is 7.89. The van der Waals surface area contributed by atoms with Crippen LogP contribution in [0.5, 0.6) is 0 Å². The van der Waals surface area contributed by atoms with Gasteiger partial charge in [0, 0.05) is 52.4 Å². The van der Waals surface area contributed by atoms with E-state index in [1.807, 2.05) is 26.0 Å². The van der Waals surface area contributed by atoms with Crippen molar-refractivity contribution in [2.24, 2.45) is 5.92 Å². The van der Waals surface area contributed by atoms with Gasteiger partial charge in [-0.25, -0.2) is 8.42 Å². The summed E-state index contributed by atoms with van der Waals surface area (Å²) in [6, 6.07) is 5.64. The third-order valence-electron chi connectivity index (χ3n) is 5.60. The Morgan fingerprint density at radius 3 is 2.46 bits per heavy atom. The molecule has 0 aromatic heterocycles. The van der Waals surface area contributed by atoms with E-state index in [9.17, 15) is 8.42 Å². The van der Waals surface area contributed by atoms with Crippen LogP contribution in [0.1, 0.15) is 25.0 Å². The van der Waals surface area contributed by atoms with Gasteiger partial charge in [-0.1, -0.05) is 26.0 Å². The van der Waals surface area contributed by atoms with Crippen molar-refractivity contribution in [3.63, 3.8) is 0 Å². The molecule has 0 spiro atoms. The van der Waals surface area contributed by atoms with Gasteiger partial charge in [-0.15, -0.1) is 0 Å². The molecule has 0 aliphatic carbocycles. The molecule has 6 nitrogen and oxygen atoms in total. The van der Waals surface area contributed by atoms with Crippen LogP contribution >= 0.6 is 0 Å². The summed E-state index contributed by atoms with van der Waals surface area (Å²) in [5.74, 6) is 0.664. The zero-order valence-electron chi connectivity index (χ0n) is 17.7. The van der Waals surface area contributed by atoms with E-state index < -0.39 is 10.0 Å². The summed E-state index contributed by atoms with van der Waals surface area (Å²) in [4.78, 5) is 5.28. The van der Waals surface area contributed by atoms with Crippen molar-refractivity contribution in [3.8, 4) is 0 Å². The van der Waals surface area contributed by atoms with Gasteiger partial charge in [0.2, 0.25) is 10.0 Å². The molecule has 0 saturated carbocycles. The van der Waals surface area contributed by atoms with Crippen LogP contribution in [0.25, 0.3) is 0 Å². The standard InChI is InChI=1S/C21H35N3O3S/c1-17(2)14-23-11-12-27-20(16-23)15-22-7-9-24(10-8-22)28(25,26)21-13-18(3)5-6-19(21)4/h5-6,13,17,20H,7-12,14-16H2,1-4H3/t20-/m1/s1. The molecule has 0 amide bonds. The maximum atomic E-state index is 13.1. The highest BCUT2D eigenvalue weighted by Crippen LogP contribution is 2.22. The molecule has 2 heterocycles. The molecular formula is C21H35N3O3S. The largest absolute Gasteiger partial charge is 0.374 e. The number of piperazine rings is 1. The van der Waals surface area contributed by atoms with Gasteiger partial charge < -0.3 is 4.74 Å². The van der Waals surface area contributed by atoms with E-state index in [0.29, 0.717) is 23.9 Å². The van der Waals surface area contributed by atoms with Crippen molar-refractivity contribution in [2.45, 2.75) is 38.7 Å². The van der Waals surface area contributed by atoms with Crippen LogP contribution in [0, 0.1) is 19.8 Å². The topological polar surface area (TPSA) is 53.1 Å². The van der Waals surface area contributed by atoms with Crippen molar-refractivity contribution >= 4 is 10.0 Å². The van der Waals surface area contributed by atoms with Gasteiger partial charge in [0.1, 0.15) is 0 Å². The Morgan fingerprint density at radius 1 is 1.07 bits per heavy atom. The molecule has 7 heteroatoms. The summed E-state index contributed by atoms with van der Waals surface area (Å²) in [5, 5.41) is 0. The lowest BCUT2D eigenvalue weighted by molar-refractivity contribution is -0.0486. The Labute approximate surface area is 170 Å². The Balaban J connectivity index is 1.55. The second kappa shape index (κ2) is 9.22. The molecule has 0 radical (unpaired) electrons. The molecule has 2 aliphatic heterocycles. The molecule has 158 valence electrons. The smallest absolute Gasteiger partial charge is 0.243 e. The monoisotopic (exact) mass is 409 g/mol. The number of nitrogens with zero attached hydrogens (tertiary/aromatic N) is 3. The number of morpholine rings is 1. The van der Waals surface area contributed by atoms with Crippen LogP contribution in [0.2, 0.25) is 0 Å². The third kappa shape index (κ3) is 5.33. The summed E-state index contributed by atoms with van der Waals surface area (Å²) in [6.07, 6.45) is 0.217. The highest BCUT2D eigenvalue weighted by Gasteiger charge is 2.31. The quantitative estimate of drug-likeness (QED) is 0.719. The molecule has 2 fully saturated rings. The van der Waals surface area contributed by atoms with Gasteiger partial charge in [-0.3, -0.25) is 9.80 Å². The van der Waals surface area contributed by atoms with E-state index >= 15 is 0 Å². The van der Waals surface area contributed by atoms with E-state index in [1.165, 1.54) is 0 Å². The fraction of sp³-hybridized carbons (Fsp3) is 0.714. The SMILES string of the molecule is Cc1ccc(C)c(S(=O)(=O)N2CCN(C[C@@H]3CN(CC(C)C)CCO3)CC2)c1. The summed E-state index contributed by atoms with van der Waals surface area (Å²) >= 11 is 0. The van der Waals surface area contributed by atoms with E-state index in [4.69, 9.17) is 4.74 Å². The molecule has 1 atom stereocenters. The fourth-order valence-corrected chi connectivity index (χ4v) is 5.87. The zero-order valence-corrected chi connectivity index (χ0v) is 18.5. The average molecular weight is 410 g/mol. The molecule has 0 unspecified atom stereocenters. The first-order valence-corrected chi connectivity index (χ1v) is 11.8. The maximum absolute atomic E-state index is 13.1. The number of hydrogen-bond donors (Lipinski definition) is 0. The van der Waals surface area contributed by atoms with Gasteiger partial charge in [-0.05, 0) is 37.0 Å². The lowest BCUT2D eigenvalue weighted by atomic mass is 10.1. The molecule has 0 bridgehead atoms. The number of rotatable bonds is 6. The lowest BCUT2D eigenvalue weighted by Gasteiger charge is -2.39. The lowest BCUT2D eigenvalue weighted by Crippen LogP contribution is -2.53. The molecular weight excluding hydrogens is 374 g/mol. The number of benzene rings is 1. The average Bonchev–Trinajstić information content (AvgIpc) is 2.64. The van der Waals surface area contributed by atoms with E-state index in [0.717, 1.165) is 57.0 Å². The number of ether oxygens (including phenoxy) is 1. The molecule has 3 rings (SSSR count). The first kappa shape index (κ1) is 21.7. The van der Waals surface area contributed by atoms with Crippen LogP contribution in [0.15, 0.2) is 23.1 Å². The first-order valence-electron chi connectivity index (χ1n) is 10.4. The van der Waals surface area contributed by atoms with E-state index in [1.54, 1.807) is 10.4 Å². The molecule has 2 saturated heterocycles. The van der Waals surface area contributed by atoms with E-state index in [2.05, 4.69) is 23.6 Å². The maximum Gasteiger partial charge on any atom is 0.243 e. The van der Waals surface area contributed by atoms with Crippen LogP contribution in [0.3, 0.4) is 0 Å². The second-order valence-electron chi connectivity index (χ2n) is 8.62. The second-order valence-corrected chi connectivity index (χ2v) is 10.5. The van der Waals surface area contributed by atoms with Crippen LogP contribution in [0.4, 0.5) is 0 Å². The molecule has 1 aromatic carbocycles. The molecule has 2 aliphatic rings. The van der Waals surface area contributed by atoms with Crippen molar-refractivity contribution in [1.29, 1.82) is 0 Å². The predicted octanol–water partition coefficient (Wildman–Crippen LogP) is 1.97. The summed E-state index contributed by atoms with van der Waals surface area (Å²) in [5.41, 5.74) is 1.79. The van der Waals surface area contributed by atoms with Crippen molar-refractivity contribution in [3.05, 3.63) is 29.3 Å². The molecule has 0 N–H and O–H groups in total. The fourth-order valence-electron chi connectivity index (χ4n) is 4.14. The van der Waals surface area contributed by atoms with Gasteiger partial charge in [0.25, 0.3) is 0 Å². The Bertz CT molecular complexity index is 758. The van der Waals surface area contributed by atoms with Crippen LogP contribution in [-0.4, -0.2) is 87.6 Å². The number of hydrogen-bond acceptors (Lipinski definition) is 5.